The van der Waals surface area contributed by atoms with E-state index in [0.29, 0.717) is 18.0 Å². The van der Waals surface area contributed by atoms with Gasteiger partial charge in [0.05, 0.1) is 0 Å². The number of benzene rings is 1. The van der Waals surface area contributed by atoms with E-state index in [-0.39, 0.29) is 18.3 Å². The Bertz CT molecular complexity index is 411. The summed E-state index contributed by atoms with van der Waals surface area (Å²) >= 11 is 0. The van der Waals surface area contributed by atoms with Gasteiger partial charge in [0.25, 0.3) is 0 Å². The number of piperidine rings is 1. The summed E-state index contributed by atoms with van der Waals surface area (Å²) in [7, 11) is 0. The minimum Gasteiger partial charge on any atom is -0.364 e. The lowest BCUT2D eigenvalue weighted by atomic mass is 9.94. The summed E-state index contributed by atoms with van der Waals surface area (Å²) in [6.07, 6.45) is 2.08. The maximum absolute atomic E-state index is 14.0. The van der Waals surface area contributed by atoms with Crippen LogP contribution in [0.25, 0.3) is 0 Å². The van der Waals surface area contributed by atoms with E-state index in [1.165, 1.54) is 12.1 Å². The van der Waals surface area contributed by atoms with Gasteiger partial charge in [-0.2, -0.15) is 0 Å². The first kappa shape index (κ1) is 13.3. The third kappa shape index (κ3) is 2.48. The minimum atomic E-state index is -0.503. The Morgan fingerprint density at radius 2 is 1.83 bits per heavy atom. The first-order valence-electron chi connectivity index (χ1n) is 6.47. The molecule has 0 amide bonds. The molecule has 1 aliphatic rings. The number of rotatable bonds is 2. The Balaban J connectivity index is 2.37. The monoisotopic (exact) mass is 254 g/mol. The maximum atomic E-state index is 14.0. The molecule has 1 aromatic carbocycles. The van der Waals surface area contributed by atoms with Crippen molar-refractivity contribution in [3.8, 4) is 0 Å². The van der Waals surface area contributed by atoms with E-state index in [1.807, 2.05) is 11.8 Å². The van der Waals surface area contributed by atoms with Gasteiger partial charge >= 0.3 is 0 Å². The Labute approximate surface area is 107 Å². The first-order valence-corrected chi connectivity index (χ1v) is 6.47. The second-order valence-electron chi connectivity index (χ2n) is 5.30. The van der Waals surface area contributed by atoms with Crippen molar-refractivity contribution in [1.82, 2.24) is 0 Å². The normalized spacial score (nSPS) is 24.4. The molecule has 1 saturated heterocycles. The second kappa shape index (κ2) is 5.22. The average molecular weight is 254 g/mol. The largest absolute Gasteiger partial charge is 0.364 e. The van der Waals surface area contributed by atoms with Gasteiger partial charge in [0.2, 0.25) is 0 Å². The molecule has 1 heterocycles. The van der Waals surface area contributed by atoms with Gasteiger partial charge in [0.15, 0.2) is 0 Å². The van der Waals surface area contributed by atoms with Crippen LogP contribution in [0.5, 0.6) is 0 Å². The quantitative estimate of drug-likeness (QED) is 0.879. The van der Waals surface area contributed by atoms with Crippen LogP contribution in [0.15, 0.2) is 12.1 Å². The molecule has 0 saturated carbocycles. The van der Waals surface area contributed by atoms with Crippen molar-refractivity contribution in [2.24, 2.45) is 11.7 Å². The predicted octanol–water partition coefficient (Wildman–Crippen LogP) is 3.05. The van der Waals surface area contributed by atoms with Crippen LogP contribution in [0.3, 0.4) is 0 Å². The molecule has 1 aliphatic heterocycles. The smallest absolute Gasteiger partial charge is 0.149 e. The van der Waals surface area contributed by atoms with Crippen molar-refractivity contribution in [3.05, 3.63) is 29.3 Å². The Morgan fingerprint density at radius 1 is 1.22 bits per heavy atom. The lowest BCUT2D eigenvalue weighted by Gasteiger charge is -2.38. The zero-order valence-corrected chi connectivity index (χ0v) is 10.9. The third-order valence-corrected chi connectivity index (χ3v) is 3.72. The molecule has 0 aromatic heterocycles. The van der Waals surface area contributed by atoms with Gasteiger partial charge in [-0.05, 0) is 43.4 Å². The van der Waals surface area contributed by atoms with Gasteiger partial charge in [0, 0.05) is 19.1 Å². The van der Waals surface area contributed by atoms with Gasteiger partial charge in [0.1, 0.15) is 17.3 Å². The molecule has 2 atom stereocenters. The highest BCUT2D eigenvalue weighted by Crippen LogP contribution is 2.32. The molecular weight excluding hydrogens is 234 g/mol. The van der Waals surface area contributed by atoms with E-state index < -0.39 is 11.6 Å². The Hall–Kier alpha value is -1.16. The fourth-order valence-electron chi connectivity index (χ4n) is 2.61. The number of anilines is 1. The molecule has 1 aromatic rings. The molecule has 0 bridgehead atoms. The lowest BCUT2D eigenvalue weighted by Crippen LogP contribution is -2.42. The van der Waals surface area contributed by atoms with Crippen LogP contribution in [0.4, 0.5) is 14.5 Å². The third-order valence-electron chi connectivity index (χ3n) is 3.72. The summed E-state index contributed by atoms with van der Waals surface area (Å²) < 4.78 is 28.1. The van der Waals surface area contributed by atoms with Crippen molar-refractivity contribution in [1.29, 1.82) is 0 Å². The van der Waals surface area contributed by atoms with E-state index in [0.717, 1.165) is 12.8 Å². The van der Waals surface area contributed by atoms with Crippen LogP contribution in [-0.4, -0.2) is 12.6 Å². The van der Waals surface area contributed by atoms with Crippen LogP contribution < -0.4 is 10.6 Å². The van der Waals surface area contributed by atoms with E-state index in [9.17, 15) is 8.78 Å². The summed E-state index contributed by atoms with van der Waals surface area (Å²) in [6, 6.07) is 2.85. The predicted molar refractivity (Wildman–Crippen MR) is 69.5 cm³/mol. The van der Waals surface area contributed by atoms with E-state index in [1.54, 1.807) is 0 Å². The minimum absolute atomic E-state index is 0.103. The van der Waals surface area contributed by atoms with Crippen molar-refractivity contribution < 1.29 is 8.78 Å². The topological polar surface area (TPSA) is 29.3 Å². The highest BCUT2D eigenvalue weighted by molar-refractivity contribution is 5.52. The van der Waals surface area contributed by atoms with Crippen LogP contribution >= 0.6 is 0 Å². The van der Waals surface area contributed by atoms with E-state index in [4.69, 9.17) is 5.73 Å². The lowest BCUT2D eigenvalue weighted by molar-refractivity contribution is 0.382. The van der Waals surface area contributed by atoms with Crippen molar-refractivity contribution >= 4 is 5.69 Å². The van der Waals surface area contributed by atoms with Gasteiger partial charge in [-0.15, -0.1) is 0 Å². The van der Waals surface area contributed by atoms with Gasteiger partial charge in [-0.1, -0.05) is 6.92 Å². The van der Waals surface area contributed by atoms with Crippen molar-refractivity contribution in [3.63, 3.8) is 0 Å². The Kier molecular flexibility index (Phi) is 3.85. The van der Waals surface area contributed by atoms with Crippen LogP contribution in [-0.2, 0) is 6.54 Å². The number of hydrogen-bond donors (Lipinski definition) is 1. The molecular formula is C14H20F2N2. The van der Waals surface area contributed by atoms with Crippen molar-refractivity contribution in [2.45, 2.75) is 39.3 Å². The molecule has 2 N–H and O–H groups in total. The zero-order chi connectivity index (χ0) is 13.3. The molecule has 2 unspecified atom stereocenters. The molecule has 1 fully saturated rings. The van der Waals surface area contributed by atoms with Gasteiger partial charge < -0.3 is 10.6 Å². The van der Waals surface area contributed by atoms with Gasteiger partial charge in [-0.25, -0.2) is 8.78 Å². The average Bonchev–Trinajstić information content (AvgIpc) is 2.32. The number of hydrogen-bond acceptors (Lipinski definition) is 2. The standard InChI is InChI=1S/C14H20F2N2/c1-9-3-4-10(2)18(8-9)14-12(15)5-11(7-17)6-13(14)16/h5-6,9-10H,3-4,7-8,17H2,1-2H3. The second-order valence-corrected chi connectivity index (χ2v) is 5.30. The van der Waals surface area contributed by atoms with Crippen molar-refractivity contribution in [2.75, 3.05) is 11.4 Å². The first-order chi connectivity index (χ1) is 8.52. The molecule has 2 rings (SSSR count). The van der Waals surface area contributed by atoms with E-state index >= 15 is 0 Å². The highest BCUT2D eigenvalue weighted by atomic mass is 19.1. The fraction of sp³-hybridized carbons (Fsp3) is 0.571. The fourth-order valence-corrected chi connectivity index (χ4v) is 2.61. The summed E-state index contributed by atoms with van der Waals surface area (Å²) in [5.74, 6) is -0.540. The van der Waals surface area contributed by atoms with E-state index in [2.05, 4.69) is 6.92 Å². The molecule has 4 heteroatoms. The summed E-state index contributed by atoms with van der Waals surface area (Å²) in [4.78, 5) is 1.85. The zero-order valence-electron chi connectivity index (χ0n) is 10.9. The summed E-state index contributed by atoms with van der Waals surface area (Å²) in [5.41, 5.74) is 6.01. The molecule has 0 spiro atoms. The number of halogens is 2. The summed E-state index contributed by atoms with van der Waals surface area (Å²) in [6.45, 7) is 4.99. The van der Waals surface area contributed by atoms with Gasteiger partial charge in [-0.3, -0.25) is 0 Å². The van der Waals surface area contributed by atoms with Crippen LogP contribution in [0.2, 0.25) is 0 Å². The number of nitrogens with zero attached hydrogens (tertiary/aromatic N) is 1. The number of nitrogens with two attached hydrogens (primary N) is 1. The Morgan fingerprint density at radius 3 is 2.39 bits per heavy atom. The molecule has 0 radical (unpaired) electrons. The molecule has 0 aliphatic carbocycles. The molecule has 100 valence electrons. The molecule has 18 heavy (non-hydrogen) atoms. The summed E-state index contributed by atoms with van der Waals surface area (Å²) in [5, 5.41) is 0. The molecule has 2 nitrogen and oxygen atoms in total. The maximum Gasteiger partial charge on any atom is 0.149 e. The van der Waals surface area contributed by atoms with Crippen LogP contribution in [0, 0.1) is 17.6 Å². The van der Waals surface area contributed by atoms with Crippen LogP contribution in [0.1, 0.15) is 32.3 Å². The SMILES string of the molecule is CC1CCC(C)N(c2c(F)cc(CN)cc2F)C1. The highest BCUT2D eigenvalue weighted by Gasteiger charge is 2.27.